The van der Waals surface area contributed by atoms with E-state index in [0.29, 0.717) is 0 Å². The van der Waals surface area contributed by atoms with Gasteiger partial charge in [0.05, 0.1) is 5.60 Å². The summed E-state index contributed by atoms with van der Waals surface area (Å²) in [7, 11) is 0. The minimum atomic E-state index is 0.0208. The molecule has 0 spiro atoms. The molecule has 0 fully saturated rings. The lowest BCUT2D eigenvalue weighted by atomic mass is 10.1. The minimum absolute atomic E-state index is 0.0208. The zero-order valence-corrected chi connectivity index (χ0v) is 17.0. The van der Waals surface area contributed by atoms with Gasteiger partial charge in [0.15, 0.2) is 0 Å². The molecule has 1 heteroatoms. The molecule has 0 saturated carbocycles. The summed E-state index contributed by atoms with van der Waals surface area (Å²) in [4.78, 5) is 0. The number of unbranched alkanes of at least 4 members (excludes halogenated alkanes) is 10. The number of hydrogen-bond donors (Lipinski definition) is 0. The quantitative estimate of drug-likeness (QED) is 0.182. The molecular weight excluding hydrogens is 292 g/mol. The summed E-state index contributed by atoms with van der Waals surface area (Å²) in [6.45, 7) is 9.53. The molecule has 0 aliphatic carbocycles. The molecule has 0 aliphatic heterocycles. The van der Waals surface area contributed by atoms with Crippen molar-refractivity contribution in [2.75, 3.05) is 6.61 Å². The normalized spacial score (nSPS) is 11.7. The number of rotatable bonds is 14. The first-order chi connectivity index (χ1) is 11.6. The van der Waals surface area contributed by atoms with Crippen LogP contribution in [0.1, 0.15) is 111 Å². The highest BCUT2D eigenvalue weighted by atomic mass is 16.5. The average molecular weight is 335 g/mol. The molecule has 0 bridgehead atoms. The SMILES string of the molecule is CCCCCC#CCCC=CCCCCCCCCOC(C)(C)C. The Labute approximate surface area is 152 Å². The van der Waals surface area contributed by atoms with Gasteiger partial charge in [0.1, 0.15) is 0 Å². The van der Waals surface area contributed by atoms with E-state index in [0.717, 1.165) is 25.9 Å². The largest absolute Gasteiger partial charge is 0.376 e. The van der Waals surface area contributed by atoms with Gasteiger partial charge in [-0.05, 0) is 52.9 Å². The first-order valence-corrected chi connectivity index (χ1v) is 10.3. The third-order valence-corrected chi connectivity index (χ3v) is 3.93. The van der Waals surface area contributed by atoms with Crippen LogP contribution < -0.4 is 0 Å². The first kappa shape index (κ1) is 23.3. The molecule has 0 unspecified atom stereocenters. The molecule has 0 heterocycles. The number of allylic oxidation sites excluding steroid dienone is 2. The molecule has 0 atom stereocenters. The maximum absolute atomic E-state index is 5.73. The van der Waals surface area contributed by atoms with E-state index in [1.807, 2.05) is 0 Å². The van der Waals surface area contributed by atoms with Crippen molar-refractivity contribution in [3.63, 3.8) is 0 Å². The van der Waals surface area contributed by atoms with Gasteiger partial charge in [-0.3, -0.25) is 0 Å². The maximum atomic E-state index is 5.73. The Kier molecular flexibility index (Phi) is 16.6. The van der Waals surface area contributed by atoms with Gasteiger partial charge in [0.25, 0.3) is 0 Å². The van der Waals surface area contributed by atoms with Crippen LogP contribution in [0.5, 0.6) is 0 Å². The van der Waals surface area contributed by atoms with Crippen LogP contribution in [0.15, 0.2) is 12.2 Å². The average Bonchev–Trinajstić information content (AvgIpc) is 2.52. The molecule has 24 heavy (non-hydrogen) atoms. The number of hydrogen-bond acceptors (Lipinski definition) is 1. The van der Waals surface area contributed by atoms with Crippen LogP contribution in [0.4, 0.5) is 0 Å². The fourth-order valence-electron chi connectivity index (χ4n) is 2.48. The smallest absolute Gasteiger partial charge is 0.0598 e. The van der Waals surface area contributed by atoms with Crippen LogP contribution in [0.2, 0.25) is 0 Å². The highest BCUT2D eigenvalue weighted by Crippen LogP contribution is 2.11. The molecule has 0 aliphatic rings. The molecule has 0 amide bonds. The summed E-state index contributed by atoms with van der Waals surface area (Å²) in [5.74, 6) is 6.55. The summed E-state index contributed by atoms with van der Waals surface area (Å²) < 4.78 is 5.73. The predicted molar refractivity (Wildman–Crippen MR) is 108 cm³/mol. The van der Waals surface area contributed by atoms with E-state index >= 15 is 0 Å². The van der Waals surface area contributed by atoms with Crippen molar-refractivity contribution < 1.29 is 4.74 Å². The monoisotopic (exact) mass is 334 g/mol. The van der Waals surface area contributed by atoms with Crippen LogP contribution >= 0.6 is 0 Å². The second-order valence-electron chi connectivity index (χ2n) is 7.69. The van der Waals surface area contributed by atoms with Crippen molar-refractivity contribution in [3.8, 4) is 11.8 Å². The van der Waals surface area contributed by atoms with Gasteiger partial charge in [0.2, 0.25) is 0 Å². The van der Waals surface area contributed by atoms with Crippen LogP contribution in [0.3, 0.4) is 0 Å². The van der Waals surface area contributed by atoms with Gasteiger partial charge in [-0.1, -0.05) is 57.6 Å². The van der Waals surface area contributed by atoms with E-state index in [4.69, 9.17) is 4.74 Å². The predicted octanol–water partition coefficient (Wildman–Crippen LogP) is 7.45. The highest BCUT2D eigenvalue weighted by molar-refractivity contribution is 5.00. The van der Waals surface area contributed by atoms with Crippen molar-refractivity contribution in [2.45, 2.75) is 117 Å². The van der Waals surface area contributed by atoms with Crippen molar-refractivity contribution in [1.29, 1.82) is 0 Å². The summed E-state index contributed by atoms with van der Waals surface area (Å²) in [5, 5.41) is 0. The van der Waals surface area contributed by atoms with Crippen LogP contribution in [0.25, 0.3) is 0 Å². The Bertz CT molecular complexity index is 337. The second-order valence-corrected chi connectivity index (χ2v) is 7.69. The van der Waals surface area contributed by atoms with E-state index in [2.05, 4.69) is 51.7 Å². The lowest BCUT2D eigenvalue weighted by molar-refractivity contribution is -0.00474. The topological polar surface area (TPSA) is 9.23 Å². The molecule has 0 aromatic rings. The third kappa shape index (κ3) is 21.3. The standard InChI is InChI=1S/C23H42O/c1-5-6-7-8-9-10-11-12-13-14-15-16-17-18-19-20-21-22-24-23(2,3)4/h13-14H,5-8,11-12,15-22H2,1-4H3. The van der Waals surface area contributed by atoms with E-state index in [1.165, 1.54) is 64.2 Å². The zero-order chi connectivity index (χ0) is 17.9. The molecule has 0 N–H and O–H groups in total. The lowest BCUT2D eigenvalue weighted by Crippen LogP contribution is -2.19. The Hall–Kier alpha value is -0.740. The maximum Gasteiger partial charge on any atom is 0.0598 e. The third-order valence-electron chi connectivity index (χ3n) is 3.93. The van der Waals surface area contributed by atoms with Crippen LogP contribution in [-0.4, -0.2) is 12.2 Å². The van der Waals surface area contributed by atoms with E-state index in [1.54, 1.807) is 0 Å². The van der Waals surface area contributed by atoms with Gasteiger partial charge >= 0.3 is 0 Å². The van der Waals surface area contributed by atoms with E-state index in [-0.39, 0.29) is 5.60 Å². The van der Waals surface area contributed by atoms with Gasteiger partial charge in [-0.25, -0.2) is 0 Å². The Morgan fingerprint density at radius 1 is 0.708 bits per heavy atom. The Morgan fingerprint density at radius 3 is 2.04 bits per heavy atom. The molecular formula is C23H42O. The zero-order valence-electron chi connectivity index (χ0n) is 17.0. The second kappa shape index (κ2) is 17.1. The summed E-state index contributed by atoms with van der Waals surface area (Å²) >= 11 is 0. The van der Waals surface area contributed by atoms with Crippen molar-refractivity contribution >= 4 is 0 Å². The molecule has 0 radical (unpaired) electrons. The molecule has 0 aromatic carbocycles. The summed E-state index contributed by atoms with van der Waals surface area (Å²) in [5.41, 5.74) is 0.0208. The fourth-order valence-corrected chi connectivity index (χ4v) is 2.48. The van der Waals surface area contributed by atoms with Crippen molar-refractivity contribution in [1.82, 2.24) is 0 Å². The lowest BCUT2D eigenvalue weighted by Gasteiger charge is -2.19. The highest BCUT2D eigenvalue weighted by Gasteiger charge is 2.08. The molecule has 0 rings (SSSR count). The van der Waals surface area contributed by atoms with Gasteiger partial charge in [-0.2, -0.15) is 0 Å². The first-order valence-electron chi connectivity index (χ1n) is 10.3. The number of ether oxygens (including phenoxy) is 1. The molecule has 0 saturated heterocycles. The van der Waals surface area contributed by atoms with Gasteiger partial charge < -0.3 is 4.74 Å². The summed E-state index contributed by atoms with van der Waals surface area (Å²) in [6, 6.07) is 0. The molecule has 1 nitrogen and oxygen atoms in total. The minimum Gasteiger partial charge on any atom is -0.376 e. The van der Waals surface area contributed by atoms with Crippen molar-refractivity contribution in [3.05, 3.63) is 12.2 Å². The summed E-state index contributed by atoms with van der Waals surface area (Å²) in [6.07, 6.45) is 20.9. The Balaban J connectivity index is 3.21. The van der Waals surface area contributed by atoms with E-state index in [9.17, 15) is 0 Å². The molecule has 0 aromatic heterocycles. The van der Waals surface area contributed by atoms with Crippen LogP contribution in [-0.2, 0) is 4.74 Å². The van der Waals surface area contributed by atoms with E-state index < -0.39 is 0 Å². The Morgan fingerprint density at radius 2 is 1.33 bits per heavy atom. The van der Waals surface area contributed by atoms with Crippen LogP contribution in [0, 0.1) is 11.8 Å². The fraction of sp³-hybridized carbons (Fsp3) is 0.826. The van der Waals surface area contributed by atoms with Crippen molar-refractivity contribution in [2.24, 2.45) is 0 Å². The van der Waals surface area contributed by atoms with Gasteiger partial charge in [0, 0.05) is 19.4 Å². The van der Waals surface area contributed by atoms with Gasteiger partial charge in [-0.15, -0.1) is 11.8 Å². The molecule has 140 valence electrons.